The highest BCUT2D eigenvalue weighted by Crippen LogP contribution is 2.14. The molecule has 8 heteroatoms. The Morgan fingerprint density at radius 1 is 1.00 bits per heavy atom. The monoisotopic (exact) mass is 236 g/mol. The normalized spacial score (nSPS) is 11.8. The van der Waals surface area contributed by atoms with Crippen LogP contribution in [-0.4, -0.2) is 61.9 Å². The van der Waals surface area contributed by atoms with Crippen molar-refractivity contribution in [1.82, 2.24) is 10.1 Å². The molecule has 0 heterocycles. The van der Waals surface area contributed by atoms with E-state index in [4.69, 9.17) is 10.2 Å². The van der Waals surface area contributed by atoms with Gasteiger partial charge in [-0.1, -0.05) is 13.8 Å². The topological polar surface area (TPSA) is 122 Å². The van der Waals surface area contributed by atoms with E-state index in [2.05, 4.69) is 0 Å². The fourth-order valence-corrected chi connectivity index (χ4v) is 1.23. The number of carboxylic acid groups (broad SMARTS) is 2. The van der Waals surface area contributed by atoms with Crippen LogP contribution in [-0.2, 0) is 9.59 Å². The van der Waals surface area contributed by atoms with E-state index < -0.39 is 24.0 Å². The van der Waals surface area contributed by atoms with Crippen molar-refractivity contribution in [1.29, 1.82) is 0 Å². The molecule has 16 heavy (non-hydrogen) atoms. The van der Waals surface area contributed by atoms with Gasteiger partial charge in [0.25, 0.3) is 0 Å². The maximum atomic E-state index is 10.8. The molecule has 0 aromatic heterocycles. The van der Waals surface area contributed by atoms with Crippen molar-refractivity contribution in [3.05, 3.63) is 0 Å². The van der Waals surface area contributed by atoms with E-state index >= 15 is 0 Å². The number of aliphatic carboxylic acids is 2. The predicted molar refractivity (Wildman–Crippen MR) is 50.9 cm³/mol. The molecule has 0 aliphatic carbocycles. The van der Waals surface area contributed by atoms with E-state index in [-0.39, 0.29) is 13.1 Å². The fraction of sp³-hybridized carbons (Fsp3) is 0.750. The van der Waals surface area contributed by atoms with E-state index in [0.29, 0.717) is 10.1 Å². The molecule has 0 fully saturated rings. The lowest BCUT2D eigenvalue weighted by Gasteiger charge is -2.32. The summed E-state index contributed by atoms with van der Waals surface area (Å²) >= 11 is 0. The predicted octanol–water partition coefficient (Wildman–Crippen LogP) is -0.480. The molecule has 0 unspecified atom stereocenters. The highest BCUT2D eigenvalue weighted by Gasteiger charge is 2.41. The van der Waals surface area contributed by atoms with Crippen LogP contribution in [0.25, 0.3) is 0 Å². The van der Waals surface area contributed by atoms with Gasteiger partial charge in [-0.25, -0.2) is 0 Å². The number of hydrogen-bond donors (Lipinski definition) is 4. The zero-order valence-corrected chi connectivity index (χ0v) is 9.07. The zero-order valence-electron chi connectivity index (χ0n) is 9.07. The van der Waals surface area contributed by atoms with Crippen LogP contribution < -0.4 is 0 Å². The summed E-state index contributed by atoms with van der Waals surface area (Å²) in [6.07, 6.45) is -1.52. The maximum absolute atomic E-state index is 10.8. The molecule has 0 saturated heterocycles. The van der Waals surface area contributed by atoms with E-state index in [1.807, 2.05) is 0 Å². The van der Waals surface area contributed by atoms with Crippen molar-refractivity contribution in [2.24, 2.45) is 5.92 Å². The maximum Gasteiger partial charge on any atom is 0.321 e. The van der Waals surface area contributed by atoms with E-state index in [0.717, 1.165) is 0 Å². The van der Waals surface area contributed by atoms with Gasteiger partial charge < -0.3 is 20.6 Å². The molecule has 0 aromatic rings. The van der Waals surface area contributed by atoms with Crippen molar-refractivity contribution in [2.45, 2.75) is 20.0 Å². The van der Waals surface area contributed by atoms with Crippen LogP contribution in [0, 0.1) is 5.92 Å². The average molecular weight is 236 g/mol. The molecule has 0 spiro atoms. The van der Waals surface area contributed by atoms with Crippen LogP contribution in [0.2, 0.25) is 0 Å². The van der Waals surface area contributed by atoms with Gasteiger partial charge in [-0.05, 0) is 0 Å². The second-order valence-corrected chi connectivity index (χ2v) is 3.08. The third kappa shape index (κ3) is 3.42. The Balaban J connectivity index is 5.11. The number of carboxylic acids is 2. The fourth-order valence-electron chi connectivity index (χ4n) is 1.23. The summed E-state index contributed by atoms with van der Waals surface area (Å²) in [5.41, 5.74) is 0. The Morgan fingerprint density at radius 2 is 1.31 bits per heavy atom. The van der Waals surface area contributed by atoms with Crippen LogP contribution in [0.5, 0.6) is 0 Å². The molecule has 0 aliphatic rings. The first-order chi connectivity index (χ1) is 7.36. The summed E-state index contributed by atoms with van der Waals surface area (Å²) in [6.45, 7) is 2.96. The van der Waals surface area contributed by atoms with Gasteiger partial charge in [-0.15, -0.1) is 0 Å². The molecule has 8 nitrogen and oxygen atoms in total. The quantitative estimate of drug-likeness (QED) is 0.265. The van der Waals surface area contributed by atoms with Gasteiger partial charge in [-0.2, -0.15) is 10.1 Å². The van der Waals surface area contributed by atoms with Gasteiger partial charge in [-0.3, -0.25) is 9.59 Å². The molecule has 0 saturated carbocycles. The van der Waals surface area contributed by atoms with Crippen molar-refractivity contribution in [3.8, 4) is 0 Å². The van der Waals surface area contributed by atoms with Crippen molar-refractivity contribution < 1.29 is 30.2 Å². The van der Waals surface area contributed by atoms with Gasteiger partial charge in [0, 0.05) is 13.1 Å². The Morgan fingerprint density at radius 3 is 1.50 bits per heavy atom. The Bertz CT molecular complexity index is 235. The summed E-state index contributed by atoms with van der Waals surface area (Å²) < 4.78 is 0. The van der Waals surface area contributed by atoms with Crippen molar-refractivity contribution >= 4 is 11.9 Å². The molecule has 0 amide bonds. The molecular formula is C8H16N2O6. The van der Waals surface area contributed by atoms with Gasteiger partial charge in [0.1, 0.15) is 6.17 Å². The molecule has 94 valence electrons. The minimum atomic E-state index is -1.94. The molecule has 0 bridgehead atoms. The minimum Gasteiger partial charge on any atom is -0.481 e. The molecule has 0 aromatic carbocycles. The first kappa shape index (κ1) is 14.8. The van der Waals surface area contributed by atoms with Crippen LogP contribution in [0.1, 0.15) is 13.8 Å². The second kappa shape index (κ2) is 6.38. The van der Waals surface area contributed by atoms with Gasteiger partial charge in [0.2, 0.25) is 0 Å². The Kier molecular flexibility index (Phi) is 5.89. The largest absolute Gasteiger partial charge is 0.481 e. The molecule has 0 aliphatic heterocycles. The van der Waals surface area contributed by atoms with E-state index in [9.17, 15) is 20.0 Å². The summed E-state index contributed by atoms with van der Waals surface area (Å²) in [5.74, 6) is -5.19. The summed E-state index contributed by atoms with van der Waals surface area (Å²) in [6, 6.07) is 0. The number of rotatable bonds is 7. The lowest BCUT2D eigenvalue weighted by atomic mass is 10.1. The molecule has 0 rings (SSSR count). The van der Waals surface area contributed by atoms with Crippen molar-refractivity contribution in [3.63, 3.8) is 0 Å². The lowest BCUT2D eigenvalue weighted by molar-refractivity contribution is -0.265. The van der Waals surface area contributed by atoms with E-state index in [1.54, 1.807) is 0 Å². The molecule has 4 N–H and O–H groups in total. The van der Waals surface area contributed by atoms with Crippen LogP contribution in [0.4, 0.5) is 0 Å². The van der Waals surface area contributed by atoms with Gasteiger partial charge in [0.05, 0.1) is 0 Å². The van der Waals surface area contributed by atoms with Gasteiger partial charge in [0.15, 0.2) is 5.92 Å². The molecule has 0 radical (unpaired) electrons. The smallest absolute Gasteiger partial charge is 0.321 e. The first-order valence-electron chi connectivity index (χ1n) is 4.73. The SMILES string of the molecule is CCN(O)C(C(C(=O)O)C(=O)O)N(O)CC. The summed E-state index contributed by atoms with van der Waals surface area (Å²) in [7, 11) is 0. The summed E-state index contributed by atoms with van der Waals surface area (Å²) in [4.78, 5) is 21.5. The lowest BCUT2D eigenvalue weighted by Crippen LogP contribution is -2.54. The summed E-state index contributed by atoms with van der Waals surface area (Å²) in [5, 5.41) is 37.2. The number of hydrogen-bond acceptors (Lipinski definition) is 6. The number of hydroxylamine groups is 4. The Hall–Kier alpha value is -1.22. The van der Waals surface area contributed by atoms with Gasteiger partial charge >= 0.3 is 11.9 Å². The van der Waals surface area contributed by atoms with Crippen LogP contribution in [0.3, 0.4) is 0 Å². The minimum absolute atomic E-state index is 0.0151. The third-order valence-corrected chi connectivity index (χ3v) is 2.09. The van der Waals surface area contributed by atoms with E-state index in [1.165, 1.54) is 13.8 Å². The first-order valence-corrected chi connectivity index (χ1v) is 4.73. The average Bonchev–Trinajstić information content (AvgIpc) is 2.22. The highest BCUT2D eigenvalue weighted by atomic mass is 16.5. The van der Waals surface area contributed by atoms with Crippen LogP contribution >= 0.6 is 0 Å². The zero-order chi connectivity index (χ0) is 12.9. The number of nitrogens with zero attached hydrogens (tertiary/aromatic N) is 2. The van der Waals surface area contributed by atoms with Crippen LogP contribution in [0.15, 0.2) is 0 Å². The second-order valence-electron chi connectivity index (χ2n) is 3.08. The number of carbonyl (C=O) groups is 2. The molecular weight excluding hydrogens is 220 g/mol. The third-order valence-electron chi connectivity index (χ3n) is 2.09. The highest BCUT2D eigenvalue weighted by molar-refractivity contribution is 5.93. The molecule has 0 atom stereocenters. The Labute approximate surface area is 92.2 Å². The van der Waals surface area contributed by atoms with Crippen molar-refractivity contribution in [2.75, 3.05) is 13.1 Å². The standard InChI is InChI=1S/C8H16N2O6/c1-3-9(15)6(10(16)4-2)5(7(11)12)8(13)14/h5-6,15-16H,3-4H2,1-2H3,(H,11,12)(H,13,14).